The highest BCUT2D eigenvalue weighted by Crippen LogP contribution is 2.39. The Morgan fingerprint density at radius 2 is 2.15 bits per heavy atom. The smallest absolute Gasteiger partial charge is 0.339 e. The van der Waals surface area contributed by atoms with E-state index in [1.807, 2.05) is 6.92 Å². The number of hydrogen-bond donors (Lipinski definition) is 2. The first-order valence-corrected chi connectivity index (χ1v) is 7.49. The monoisotopic (exact) mass is 297 g/mol. The van der Waals surface area contributed by atoms with E-state index in [4.69, 9.17) is 4.74 Å². The summed E-state index contributed by atoms with van der Waals surface area (Å²) in [6.07, 6.45) is 3.17. The molecule has 1 aromatic heterocycles. The summed E-state index contributed by atoms with van der Waals surface area (Å²) < 4.78 is 5.24. The minimum Gasteiger partial charge on any atom is -0.478 e. The van der Waals surface area contributed by atoms with E-state index in [9.17, 15) is 14.7 Å². The third kappa shape index (κ3) is 2.45. The summed E-state index contributed by atoms with van der Waals surface area (Å²) in [7, 11) is 1.48. The molecular formula is C14H19NO4S. The van der Waals surface area contributed by atoms with Gasteiger partial charge in [-0.3, -0.25) is 4.79 Å². The highest BCUT2D eigenvalue weighted by Gasteiger charge is 2.34. The first kappa shape index (κ1) is 15.0. The Morgan fingerprint density at radius 3 is 2.70 bits per heavy atom. The molecule has 1 heterocycles. The summed E-state index contributed by atoms with van der Waals surface area (Å²) in [5, 5.41) is 12.5. The van der Waals surface area contributed by atoms with Crippen molar-refractivity contribution in [2.75, 3.05) is 12.4 Å². The number of carbonyl (C=O) groups excluding carboxylic acids is 1. The van der Waals surface area contributed by atoms with Crippen molar-refractivity contribution in [3.05, 3.63) is 16.0 Å². The van der Waals surface area contributed by atoms with Gasteiger partial charge in [0.05, 0.1) is 5.56 Å². The van der Waals surface area contributed by atoms with Crippen LogP contribution in [0.25, 0.3) is 0 Å². The SMILES string of the molecule is CCC(C)(OC)C(=O)Nc1sc2c(c1C(=O)O)CCC2. The van der Waals surface area contributed by atoms with Crippen molar-refractivity contribution in [2.24, 2.45) is 0 Å². The molecule has 0 saturated heterocycles. The predicted octanol–water partition coefficient (Wildman–Crippen LogP) is 2.69. The van der Waals surface area contributed by atoms with E-state index in [1.54, 1.807) is 6.92 Å². The van der Waals surface area contributed by atoms with Crippen LogP contribution in [0.5, 0.6) is 0 Å². The first-order chi connectivity index (χ1) is 9.42. The van der Waals surface area contributed by atoms with Crippen LogP contribution in [0.3, 0.4) is 0 Å². The van der Waals surface area contributed by atoms with Crippen LogP contribution >= 0.6 is 11.3 Å². The number of anilines is 1. The normalized spacial score (nSPS) is 16.6. The van der Waals surface area contributed by atoms with Gasteiger partial charge in [-0.2, -0.15) is 0 Å². The zero-order valence-corrected chi connectivity index (χ0v) is 12.7. The molecular weight excluding hydrogens is 278 g/mol. The fourth-order valence-corrected chi connectivity index (χ4v) is 3.63. The van der Waals surface area contributed by atoms with E-state index in [0.717, 1.165) is 29.7 Å². The molecule has 0 aliphatic heterocycles. The Kier molecular flexibility index (Phi) is 4.15. The number of hydrogen-bond acceptors (Lipinski definition) is 4. The molecule has 0 spiro atoms. The van der Waals surface area contributed by atoms with Crippen LogP contribution in [0, 0.1) is 0 Å². The van der Waals surface area contributed by atoms with Crippen LogP contribution in [0.2, 0.25) is 0 Å². The fourth-order valence-electron chi connectivity index (χ4n) is 2.35. The molecule has 1 aliphatic carbocycles. The molecule has 0 fully saturated rings. The molecule has 110 valence electrons. The van der Waals surface area contributed by atoms with E-state index in [0.29, 0.717) is 11.4 Å². The standard InChI is InChI=1S/C14H19NO4S/c1-4-14(2,19-3)13(18)15-11-10(12(16)17)8-6-5-7-9(8)20-11/h4-7H2,1-3H3,(H,15,18)(H,16,17). The fraction of sp³-hybridized carbons (Fsp3) is 0.571. The zero-order chi connectivity index (χ0) is 14.9. The number of ether oxygens (including phenoxy) is 1. The average Bonchev–Trinajstić information content (AvgIpc) is 2.97. The molecule has 1 aromatic rings. The number of amides is 1. The third-order valence-electron chi connectivity index (χ3n) is 3.97. The minimum absolute atomic E-state index is 0.255. The van der Waals surface area contributed by atoms with Gasteiger partial charge in [-0.15, -0.1) is 11.3 Å². The van der Waals surface area contributed by atoms with Crippen molar-refractivity contribution < 1.29 is 19.4 Å². The van der Waals surface area contributed by atoms with E-state index in [2.05, 4.69) is 5.32 Å². The van der Waals surface area contributed by atoms with Gasteiger partial charge in [-0.05, 0) is 38.2 Å². The molecule has 0 bridgehead atoms. The summed E-state index contributed by atoms with van der Waals surface area (Å²) in [6.45, 7) is 3.56. The molecule has 1 amide bonds. The van der Waals surface area contributed by atoms with E-state index in [1.165, 1.54) is 18.4 Å². The van der Waals surface area contributed by atoms with Gasteiger partial charge in [0, 0.05) is 12.0 Å². The van der Waals surface area contributed by atoms with Gasteiger partial charge < -0.3 is 15.2 Å². The highest BCUT2D eigenvalue weighted by molar-refractivity contribution is 7.17. The van der Waals surface area contributed by atoms with Crippen LogP contribution in [0.1, 0.15) is 47.5 Å². The van der Waals surface area contributed by atoms with Crippen LogP contribution in [0.15, 0.2) is 0 Å². The van der Waals surface area contributed by atoms with Crippen molar-refractivity contribution in [2.45, 2.75) is 45.1 Å². The molecule has 1 atom stereocenters. The summed E-state index contributed by atoms with van der Waals surface area (Å²) in [4.78, 5) is 24.8. The quantitative estimate of drug-likeness (QED) is 0.876. The molecule has 5 nitrogen and oxygen atoms in total. The summed E-state index contributed by atoms with van der Waals surface area (Å²) in [5.74, 6) is -1.28. The third-order valence-corrected chi connectivity index (χ3v) is 5.17. The minimum atomic E-state index is -0.977. The van der Waals surface area contributed by atoms with Gasteiger partial charge in [-0.25, -0.2) is 4.79 Å². The number of fused-ring (bicyclic) bond motifs is 1. The number of methoxy groups -OCH3 is 1. The maximum atomic E-state index is 12.3. The number of nitrogens with one attached hydrogen (secondary N) is 1. The number of aryl methyl sites for hydroxylation is 1. The predicted molar refractivity (Wildman–Crippen MR) is 77.6 cm³/mol. The lowest BCUT2D eigenvalue weighted by Crippen LogP contribution is -2.41. The van der Waals surface area contributed by atoms with E-state index < -0.39 is 11.6 Å². The lowest BCUT2D eigenvalue weighted by molar-refractivity contribution is -0.136. The molecule has 0 radical (unpaired) electrons. The summed E-state index contributed by atoms with van der Waals surface area (Å²) in [6, 6.07) is 0. The largest absolute Gasteiger partial charge is 0.478 e. The van der Waals surface area contributed by atoms with Gasteiger partial charge >= 0.3 is 5.97 Å². The Balaban J connectivity index is 2.31. The lowest BCUT2D eigenvalue weighted by atomic mass is 10.0. The number of rotatable bonds is 5. The Labute approximate surface area is 121 Å². The highest BCUT2D eigenvalue weighted by atomic mass is 32.1. The second kappa shape index (κ2) is 5.54. The summed E-state index contributed by atoms with van der Waals surface area (Å²) >= 11 is 1.37. The van der Waals surface area contributed by atoms with Crippen molar-refractivity contribution in [3.63, 3.8) is 0 Å². The number of thiophene rings is 1. The molecule has 20 heavy (non-hydrogen) atoms. The van der Waals surface area contributed by atoms with Crippen LogP contribution in [0.4, 0.5) is 5.00 Å². The van der Waals surface area contributed by atoms with Crippen LogP contribution in [-0.2, 0) is 22.4 Å². The second-order valence-corrected chi connectivity index (χ2v) is 6.21. The molecule has 0 aromatic carbocycles. The lowest BCUT2D eigenvalue weighted by Gasteiger charge is -2.25. The van der Waals surface area contributed by atoms with E-state index in [-0.39, 0.29) is 11.5 Å². The van der Waals surface area contributed by atoms with Gasteiger partial charge in [0.15, 0.2) is 0 Å². The Bertz CT molecular complexity index is 546. The maximum Gasteiger partial charge on any atom is 0.339 e. The van der Waals surface area contributed by atoms with Gasteiger partial charge in [0.2, 0.25) is 0 Å². The second-order valence-electron chi connectivity index (χ2n) is 5.11. The van der Waals surface area contributed by atoms with Crippen molar-refractivity contribution >= 4 is 28.2 Å². The van der Waals surface area contributed by atoms with Crippen molar-refractivity contribution in [3.8, 4) is 0 Å². The summed E-state index contributed by atoms with van der Waals surface area (Å²) in [5.41, 5.74) is 0.198. The number of carboxylic acid groups (broad SMARTS) is 1. The van der Waals surface area contributed by atoms with Gasteiger partial charge in [-0.1, -0.05) is 6.92 Å². The number of aromatic carboxylic acids is 1. The zero-order valence-electron chi connectivity index (χ0n) is 11.9. The molecule has 6 heteroatoms. The maximum absolute atomic E-state index is 12.3. The first-order valence-electron chi connectivity index (χ1n) is 6.67. The number of carboxylic acids is 1. The van der Waals surface area contributed by atoms with Gasteiger partial charge in [0.1, 0.15) is 10.6 Å². The van der Waals surface area contributed by atoms with Crippen molar-refractivity contribution in [1.82, 2.24) is 0 Å². The molecule has 1 unspecified atom stereocenters. The molecule has 0 saturated carbocycles. The molecule has 2 rings (SSSR count). The van der Waals surface area contributed by atoms with Crippen LogP contribution < -0.4 is 5.32 Å². The van der Waals surface area contributed by atoms with Crippen LogP contribution in [-0.4, -0.2) is 29.7 Å². The topological polar surface area (TPSA) is 75.6 Å². The Hall–Kier alpha value is -1.40. The Morgan fingerprint density at radius 1 is 1.45 bits per heavy atom. The molecule has 2 N–H and O–H groups in total. The van der Waals surface area contributed by atoms with Crippen molar-refractivity contribution in [1.29, 1.82) is 0 Å². The number of carbonyl (C=O) groups is 2. The molecule has 1 aliphatic rings. The van der Waals surface area contributed by atoms with Gasteiger partial charge in [0.25, 0.3) is 5.91 Å². The van der Waals surface area contributed by atoms with E-state index >= 15 is 0 Å². The average molecular weight is 297 g/mol.